The number of hydrogen-bond donors (Lipinski definition) is 0. The Morgan fingerprint density at radius 1 is 0.364 bits per heavy atom. The molecule has 0 amide bonds. The maximum Gasteiger partial charge on any atom is 0.160 e. The fraction of sp³-hybridized carbons (Fsp3) is 0.0781. The van der Waals surface area contributed by atoms with Crippen LogP contribution in [0.15, 0.2) is 234 Å². The molecule has 0 atom stereocenters. The minimum Gasteiger partial charge on any atom is -0.232 e. The van der Waals surface area contributed by atoms with E-state index in [9.17, 15) is 0 Å². The molecule has 9 aromatic carbocycles. The Morgan fingerprint density at radius 2 is 0.833 bits per heavy atom. The molecule has 9 aromatic rings. The van der Waals surface area contributed by atoms with Gasteiger partial charge in [0.05, 0.1) is 11.1 Å². The summed E-state index contributed by atoms with van der Waals surface area (Å²) < 4.78 is 0. The van der Waals surface area contributed by atoms with Gasteiger partial charge in [0.25, 0.3) is 0 Å². The van der Waals surface area contributed by atoms with E-state index in [0.29, 0.717) is 12.3 Å². The summed E-state index contributed by atoms with van der Waals surface area (Å²) in [5, 5.41) is 0. The highest BCUT2D eigenvalue weighted by Crippen LogP contribution is 2.63. The van der Waals surface area contributed by atoms with Crippen LogP contribution in [-0.4, -0.2) is 11.5 Å². The average Bonchev–Trinajstić information content (AvgIpc) is 3.75. The van der Waals surface area contributed by atoms with E-state index in [2.05, 4.69) is 226 Å². The van der Waals surface area contributed by atoms with Crippen molar-refractivity contribution >= 4 is 17.2 Å². The zero-order valence-corrected chi connectivity index (χ0v) is 36.9. The zero-order chi connectivity index (χ0) is 44.0. The van der Waals surface area contributed by atoms with Gasteiger partial charge in [-0.3, -0.25) is 0 Å². The molecule has 0 bridgehead atoms. The number of rotatable bonds is 4. The lowest BCUT2D eigenvalue weighted by atomic mass is 9.66. The van der Waals surface area contributed by atoms with Crippen molar-refractivity contribution in [3.63, 3.8) is 0 Å². The maximum atomic E-state index is 5.34. The Balaban J connectivity index is 0.966. The van der Waals surface area contributed by atoms with Crippen LogP contribution in [0.5, 0.6) is 0 Å². The molecule has 13 rings (SSSR count). The predicted octanol–water partition coefficient (Wildman–Crippen LogP) is 15.5. The van der Waals surface area contributed by atoms with Gasteiger partial charge in [-0.1, -0.05) is 220 Å². The van der Waals surface area contributed by atoms with E-state index in [1.165, 1.54) is 89.0 Å². The minimum absolute atomic E-state index is 0.287. The predicted molar refractivity (Wildman–Crippen MR) is 273 cm³/mol. The number of hydrogen-bond acceptors (Lipinski definition) is 2. The molecule has 310 valence electrons. The topological polar surface area (TPSA) is 24.7 Å². The molecule has 4 aliphatic rings. The molecule has 1 aliphatic heterocycles. The van der Waals surface area contributed by atoms with Crippen LogP contribution >= 0.6 is 0 Å². The van der Waals surface area contributed by atoms with E-state index in [1.807, 2.05) is 12.1 Å². The lowest BCUT2D eigenvalue weighted by Crippen LogP contribution is -2.29. The van der Waals surface area contributed by atoms with Crippen molar-refractivity contribution in [1.82, 2.24) is 0 Å². The zero-order valence-electron chi connectivity index (χ0n) is 36.9. The number of benzene rings is 9. The van der Waals surface area contributed by atoms with Gasteiger partial charge < -0.3 is 0 Å². The van der Waals surface area contributed by atoms with Crippen molar-refractivity contribution in [2.75, 3.05) is 0 Å². The first-order valence-corrected chi connectivity index (χ1v) is 23.0. The molecule has 0 saturated carbocycles. The standard InChI is InChI=1S/C64H44N2/c1-63(2)57-39-43(35-37-50(57)51-38-36-44(40-58(51)63)62-65-59(41-19-5-3-6-20-41)33-18-34-60(66-62)42-21-7-4-8-22-42)45-28-17-32-56-61(45)52-27-13-16-31-55(52)64(56)53-29-14-11-25-48(53)46-23-9-10-24-47(46)49-26-12-15-30-54(49)64/h3-32,35-40H,33H2,1-2H3/b65-59+,66-62-. The SMILES string of the molecule is CC1(C)c2cc(C3=N/C(c4ccccc4)=C=CC/C(c4ccccc4)=N\3)ccc2-c2ccc(-c3cccc4c3-c3ccccc3C43c4ccccc4-c4ccccc4-c4ccccc43)cc21. The Labute approximate surface area is 386 Å². The van der Waals surface area contributed by atoms with E-state index >= 15 is 0 Å². The van der Waals surface area contributed by atoms with Crippen LogP contribution in [0.2, 0.25) is 0 Å². The smallest absolute Gasteiger partial charge is 0.160 e. The molecule has 66 heavy (non-hydrogen) atoms. The van der Waals surface area contributed by atoms with Crippen LogP contribution in [0.3, 0.4) is 0 Å². The minimum atomic E-state index is -0.523. The molecule has 0 saturated heterocycles. The van der Waals surface area contributed by atoms with Crippen molar-refractivity contribution in [2.24, 2.45) is 9.98 Å². The van der Waals surface area contributed by atoms with Gasteiger partial charge in [0.15, 0.2) is 5.84 Å². The van der Waals surface area contributed by atoms with Gasteiger partial charge in [0, 0.05) is 23.0 Å². The Morgan fingerprint density at radius 3 is 1.47 bits per heavy atom. The summed E-state index contributed by atoms with van der Waals surface area (Å²) in [6.45, 7) is 4.75. The van der Waals surface area contributed by atoms with Gasteiger partial charge in [-0.2, -0.15) is 0 Å². The first-order valence-electron chi connectivity index (χ1n) is 23.0. The van der Waals surface area contributed by atoms with E-state index in [1.54, 1.807) is 0 Å². The van der Waals surface area contributed by atoms with Crippen molar-refractivity contribution in [2.45, 2.75) is 31.1 Å². The molecule has 0 unspecified atom stereocenters. The number of allylic oxidation sites excluding steroid dienone is 1. The lowest BCUT2D eigenvalue weighted by molar-refractivity contribution is 0.660. The highest BCUT2D eigenvalue weighted by molar-refractivity contribution is 6.14. The molecule has 2 heteroatoms. The third-order valence-electron chi connectivity index (χ3n) is 14.6. The van der Waals surface area contributed by atoms with E-state index in [-0.39, 0.29) is 5.41 Å². The largest absolute Gasteiger partial charge is 0.232 e. The number of fused-ring (bicyclic) bond motifs is 15. The second kappa shape index (κ2) is 14.7. The summed E-state index contributed by atoms with van der Waals surface area (Å²) in [6.07, 6.45) is 2.72. The van der Waals surface area contributed by atoms with Crippen molar-refractivity contribution in [1.29, 1.82) is 0 Å². The Hall–Kier alpha value is -8.16. The number of aliphatic imine (C=N–C) groups is 2. The molecule has 2 nitrogen and oxygen atoms in total. The summed E-state index contributed by atoms with van der Waals surface area (Å²) in [4.78, 5) is 10.6. The van der Waals surface area contributed by atoms with Crippen LogP contribution in [-0.2, 0) is 10.8 Å². The summed E-state index contributed by atoms with van der Waals surface area (Å²) in [7, 11) is 0. The fourth-order valence-corrected chi connectivity index (χ4v) is 11.6. The molecule has 1 spiro atoms. The molecule has 0 radical (unpaired) electrons. The van der Waals surface area contributed by atoms with E-state index in [4.69, 9.17) is 9.98 Å². The van der Waals surface area contributed by atoms with Crippen LogP contribution in [0.25, 0.3) is 61.3 Å². The lowest BCUT2D eigenvalue weighted by Gasteiger charge is -2.35. The second-order valence-corrected chi connectivity index (χ2v) is 18.4. The van der Waals surface area contributed by atoms with Gasteiger partial charge in [0.2, 0.25) is 0 Å². The van der Waals surface area contributed by atoms with Crippen LogP contribution in [0.1, 0.15) is 70.3 Å². The van der Waals surface area contributed by atoms with Crippen molar-refractivity contribution in [3.8, 4) is 55.6 Å². The summed E-state index contributed by atoms with van der Waals surface area (Å²) in [5.74, 6) is 0.695. The highest BCUT2D eigenvalue weighted by Gasteiger charge is 2.50. The first kappa shape index (κ1) is 38.3. The number of amidine groups is 1. The van der Waals surface area contributed by atoms with Crippen molar-refractivity contribution < 1.29 is 0 Å². The van der Waals surface area contributed by atoms with Crippen molar-refractivity contribution in [3.05, 3.63) is 274 Å². The summed E-state index contributed by atoms with van der Waals surface area (Å²) >= 11 is 0. The third-order valence-corrected chi connectivity index (χ3v) is 14.6. The normalized spacial score (nSPS) is 16.8. The van der Waals surface area contributed by atoms with E-state index in [0.717, 1.165) is 28.1 Å². The molecular formula is C64H44N2. The highest BCUT2D eigenvalue weighted by atomic mass is 14.9. The molecule has 0 aromatic heterocycles. The molecular weight excluding hydrogens is 797 g/mol. The average molecular weight is 841 g/mol. The first-order chi connectivity index (χ1) is 32.5. The number of nitrogens with zero attached hydrogens (tertiary/aromatic N) is 2. The van der Waals surface area contributed by atoms with Crippen LogP contribution in [0.4, 0.5) is 0 Å². The quantitative estimate of drug-likeness (QED) is 0.158. The summed E-state index contributed by atoms with van der Waals surface area (Å²) in [6, 6.07) is 78.2. The van der Waals surface area contributed by atoms with Gasteiger partial charge in [-0.05, 0) is 113 Å². The van der Waals surface area contributed by atoms with Crippen LogP contribution in [0, 0.1) is 0 Å². The monoisotopic (exact) mass is 840 g/mol. The molecule has 1 heterocycles. The van der Waals surface area contributed by atoms with Crippen LogP contribution < -0.4 is 0 Å². The Bertz CT molecular complexity index is 3550. The second-order valence-electron chi connectivity index (χ2n) is 18.4. The van der Waals surface area contributed by atoms with E-state index < -0.39 is 5.41 Å². The molecule has 0 N–H and O–H groups in total. The molecule has 0 fully saturated rings. The van der Waals surface area contributed by atoms with Gasteiger partial charge in [0.1, 0.15) is 5.70 Å². The van der Waals surface area contributed by atoms with Gasteiger partial charge in [-0.15, -0.1) is 0 Å². The maximum absolute atomic E-state index is 5.34. The third kappa shape index (κ3) is 5.56. The fourth-order valence-electron chi connectivity index (χ4n) is 11.6. The van der Waals surface area contributed by atoms with Gasteiger partial charge in [-0.25, -0.2) is 9.98 Å². The molecule has 3 aliphatic carbocycles. The van der Waals surface area contributed by atoms with Gasteiger partial charge >= 0.3 is 0 Å². The Kier molecular flexibility index (Phi) is 8.53. The summed E-state index contributed by atoms with van der Waals surface area (Å²) in [5.41, 5.74) is 28.2.